The molecule has 0 aromatic heterocycles. The molecule has 1 unspecified atom stereocenters. The topological polar surface area (TPSA) is 52.9 Å². The zero-order valence-corrected chi connectivity index (χ0v) is 10.5. The number of anilines is 1. The van der Waals surface area contributed by atoms with Crippen molar-refractivity contribution in [2.24, 2.45) is 5.92 Å². The highest BCUT2D eigenvalue weighted by atomic mass is 32.2. The van der Waals surface area contributed by atoms with E-state index in [0.717, 1.165) is 6.07 Å². The number of carbonyl (C=O) groups excluding carboxylic acids is 1. The maximum absolute atomic E-state index is 12.9. The van der Waals surface area contributed by atoms with Gasteiger partial charge in [-0.25, -0.2) is 4.39 Å². The Kier molecular flexibility index (Phi) is 4.98. The molecule has 1 rings (SSSR count). The van der Waals surface area contributed by atoms with Crippen molar-refractivity contribution < 1.29 is 9.18 Å². The smallest absolute Gasteiger partial charge is 0.228 e. The second-order valence-corrected chi connectivity index (χ2v) is 4.56. The Morgan fingerprint density at radius 3 is 2.94 bits per heavy atom. The van der Waals surface area contributed by atoms with E-state index in [-0.39, 0.29) is 17.4 Å². The summed E-state index contributed by atoms with van der Waals surface area (Å²) in [7, 11) is 0. The maximum Gasteiger partial charge on any atom is 0.228 e. The Morgan fingerprint density at radius 2 is 2.35 bits per heavy atom. The summed E-state index contributed by atoms with van der Waals surface area (Å²) in [5.41, 5.74) is 0.488. The van der Waals surface area contributed by atoms with E-state index in [0.29, 0.717) is 11.4 Å². The molecular weight excluding hydrogens is 239 g/mol. The molecule has 0 bridgehead atoms. The highest BCUT2D eigenvalue weighted by molar-refractivity contribution is 7.98. The Hall–Kier alpha value is -1.54. The number of hydrogen-bond acceptors (Lipinski definition) is 3. The van der Waals surface area contributed by atoms with E-state index in [1.807, 2.05) is 12.3 Å². The van der Waals surface area contributed by atoms with Crippen molar-refractivity contribution in [2.75, 3.05) is 17.3 Å². The zero-order valence-electron chi connectivity index (χ0n) is 9.66. The molecule has 5 heteroatoms. The molecule has 1 aromatic rings. The van der Waals surface area contributed by atoms with Gasteiger partial charge in [-0.2, -0.15) is 17.0 Å². The van der Waals surface area contributed by atoms with Gasteiger partial charge in [0.1, 0.15) is 11.9 Å². The molecule has 0 heterocycles. The first-order valence-corrected chi connectivity index (χ1v) is 6.47. The number of carbonyl (C=O) groups is 1. The molecular formula is C12H13FN2OS. The minimum absolute atomic E-state index is 0.134. The van der Waals surface area contributed by atoms with Crippen LogP contribution in [0, 0.1) is 23.1 Å². The van der Waals surface area contributed by atoms with Crippen LogP contribution in [-0.4, -0.2) is 17.9 Å². The molecule has 3 nitrogen and oxygen atoms in total. The summed E-state index contributed by atoms with van der Waals surface area (Å²) in [6, 6.07) is 5.58. The lowest BCUT2D eigenvalue weighted by molar-refractivity contribution is -0.118. The Balaban J connectivity index is 2.82. The number of hydrogen-bond donors (Lipinski definition) is 1. The standard InChI is InChI=1S/C12H13FN2OS/c1-8(7-17-2)12(16)15-11-4-3-10(13)5-9(11)6-14/h3-5,8H,7H2,1-2H3,(H,15,16). The van der Waals surface area contributed by atoms with Crippen LogP contribution in [-0.2, 0) is 4.79 Å². The molecule has 0 radical (unpaired) electrons. The molecule has 0 saturated carbocycles. The first-order valence-electron chi connectivity index (χ1n) is 5.08. The van der Waals surface area contributed by atoms with Crippen LogP contribution in [0.5, 0.6) is 0 Å². The number of amides is 1. The van der Waals surface area contributed by atoms with Gasteiger partial charge in [0.2, 0.25) is 5.91 Å². The van der Waals surface area contributed by atoms with Crippen molar-refractivity contribution in [1.82, 2.24) is 0 Å². The molecule has 0 fully saturated rings. The number of nitrogens with zero attached hydrogens (tertiary/aromatic N) is 1. The lowest BCUT2D eigenvalue weighted by Gasteiger charge is -2.11. The predicted octanol–water partition coefficient (Wildman–Crippen LogP) is 2.63. The minimum atomic E-state index is -0.489. The summed E-state index contributed by atoms with van der Waals surface area (Å²) in [6.07, 6.45) is 1.92. The van der Waals surface area contributed by atoms with Crippen LogP contribution in [0.25, 0.3) is 0 Å². The van der Waals surface area contributed by atoms with Gasteiger partial charge in [0.05, 0.1) is 11.3 Å². The second-order valence-electron chi connectivity index (χ2n) is 3.65. The molecule has 0 aliphatic carbocycles. The molecule has 17 heavy (non-hydrogen) atoms. The Morgan fingerprint density at radius 1 is 1.65 bits per heavy atom. The first kappa shape index (κ1) is 13.5. The fourth-order valence-corrected chi connectivity index (χ4v) is 1.95. The molecule has 0 aliphatic rings. The van der Waals surface area contributed by atoms with Crippen molar-refractivity contribution in [1.29, 1.82) is 5.26 Å². The van der Waals surface area contributed by atoms with Crippen LogP contribution in [0.1, 0.15) is 12.5 Å². The van der Waals surface area contributed by atoms with Gasteiger partial charge in [0, 0.05) is 11.7 Å². The van der Waals surface area contributed by atoms with Gasteiger partial charge in [-0.3, -0.25) is 4.79 Å². The normalized spacial score (nSPS) is 11.6. The molecule has 1 amide bonds. The SMILES string of the molecule is CSCC(C)C(=O)Nc1ccc(F)cc1C#N. The van der Waals surface area contributed by atoms with E-state index < -0.39 is 5.82 Å². The number of thioether (sulfide) groups is 1. The highest BCUT2D eigenvalue weighted by Gasteiger charge is 2.14. The third-order valence-corrected chi connectivity index (χ3v) is 3.06. The quantitative estimate of drug-likeness (QED) is 0.896. The van der Waals surface area contributed by atoms with E-state index in [1.54, 1.807) is 18.7 Å². The molecule has 0 saturated heterocycles. The molecule has 1 aromatic carbocycles. The largest absolute Gasteiger partial charge is 0.325 e. The number of rotatable bonds is 4. The molecule has 1 N–H and O–H groups in total. The highest BCUT2D eigenvalue weighted by Crippen LogP contribution is 2.17. The van der Waals surface area contributed by atoms with Crippen LogP contribution in [0.4, 0.5) is 10.1 Å². The minimum Gasteiger partial charge on any atom is -0.325 e. The van der Waals surface area contributed by atoms with Crippen LogP contribution in [0.15, 0.2) is 18.2 Å². The number of halogens is 1. The second kappa shape index (κ2) is 6.26. The zero-order chi connectivity index (χ0) is 12.8. The predicted molar refractivity (Wildman–Crippen MR) is 67.3 cm³/mol. The van der Waals surface area contributed by atoms with Gasteiger partial charge in [0.15, 0.2) is 0 Å². The van der Waals surface area contributed by atoms with Crippen molar-refractivity contribution in [2.45, 2.75) is 6.92 Å². The Bertz CT molecular complexity index is 456. The third kappa shape index (κ3) is 3.75. The van der Waals surface area contributed by atoms with Gasteiger partial charge in [-0.1, -0.05) is 6.92 Å². The van der Waals surface area contributed by atoms with Gasteiger partial charge in [-0.05, 0) is 24.5 Å². The van der Waals surface area contributed by atoms with Crippen molar-refractivity contribution in [3.8, 4) is 6.07 Å². The van der Waals surface area contributed by atoms with Crippen molar-refractivity contribution in [3.63, 3.8) is 0 Å². The van der Waals surface area contributed by atoms with E-state index in [2.05, 4.69) is 5.32 Å². The molecule has 1 atom stereocenters. The third-order valence-electron chi connectivity index (χ3n) is 2.22. The van der Waals surface area contributed by atoms with Crippen molar-refractivity contribution >= 4 is 23.4 Å². The summed E-state index contributed by atoms with van der Waals surface area (Å²) < 4.78 is 12.9. The summed E-state index contributed by atoms with van der Waals surface area (Å²) >= 11 is 1.58. The summed E-state index contributed by atoms with van der Waals surface area (Å²) in [4.78, 5) is 11.7. The lowest BCUT2D eigenvalue weighted by Crippen LogP contribution is -2.22. The number of nitriles is 1. The summed E-state index contributed by atoms with van der Waals surface area (Å²) in [5, 5.41) is 11.5. The molecule has 0 spiro atoms. The van der Waals surface area contributed by atoms with Crippen LogP contribution in [0.3, 0.4) is 0 Å². The summed E-state index contributed by atoms with van der Waals surface area (Å²) in [5.74, 6) is -0.102. The monoisotopic (exact) mass is 252 g/mol. The van der Waals surface area contributed by atoms with E-state index in [1.165, 1.54) is 12.1 Å². The number of benzene rings is 1. The van der Waals surface area contributed by atoms with E-state index in [9.17, 15) is 9.18 Å². The van der Waals surface area contributed by atoms with Crippen molar-refractivity contribution in [3.05, 3.63) is 29.6 Å². The van der Waals surface area contributed by atoms with Gasteiger partial charge < -0.3 is 5.32 Å². The lowest BCUT2D eigenvalue weighted by atomic mass is 10.1. The molecule has 90 valence electrons. The Labute approximate surface area is 104 Å². The average molecular weight is 252 g/mol. The molecule has 0 aliphatic heterocycles. The van der Waals surface area contributed by atoms with E-state index in [4.69, 9.17) is 5.26 Å². The first-order chi connectivity index (χ1) is 8.08. The fraction of sp³-hybridized carbons (Fsp3) is 0.333. The summed E-state index contributed by atoms with van der Waals surface area (Å²) in [6.45, 7) is 1.81. The van der Waals surface area contributed by atoms with Crippen LogP contribution in [0.2, 0.25) is 0 Å². The van der Waals surface area contributed by atoms with Gasteiger partial charge in [0.25, 0.3) is 0 Å². The van der Waals surface area contributed by atoms with Crippen LogP contribution >= 0.6 is 11.8 Å². The fourth-order valence-electron chi connectivity index (χ4n) is 1.30. The average Bonchev–Trinajstić information content (AvgIpc) is 2.31. The van der Waals surface area contributed by atoms with Crippen LogP contribution < -0.4 is 5.32 Å². The van der Waals surface area contributed by atoms with Gasteiger partial charge >= 0.3 is 0 Å². The number of nitrogens with one attached hydrogen (secondary N) is 1. The van der Waals surface area contributed by atoms with E-state index >= 15 is 0 Å². The van der Waals surface area contributed by atoms with Gasteiger partial charge in [-0.15, -0.1) is 0 Å². The maximum atomic E-state index is 12.9.